The monoisotopic (exact) mass is 753 g/mol. The van der Waals surface area contributed by atoms with Gasteiger partial charge in [0.05, 0.1) is 97.5 Å². The molecule has 0 fully saturated rings. The number of hydrogen-bond donors (Lipinski definition) is 4. The van der Waals surface area contributed by atoms with E-state index >= 15 is 0 Å². The summed E-state index contributed by atoms with van der Waals surface area (Å²) >= 11 is 0. The van der Waals surface area contributed by atoms with Crippen molar-refractivity contribution >= 4 is 0 Å². The van der Waals surface area contributed by atoms with Crippen LogP contribution in [0.5, 0.6) is 28.7 Å². The van der Waals surface area contributed by atoms with Crippen molar-refractivity contribution < 1.29 is 52.8 Å². The average molecular weight is 754 g/mol. The quantitative estimate of drug-likeness (QED) is 0.0614. The third kappa shape index (κ3) is 14.6. The maximum absolute atomic E-state index is 11.1. The zero-order valence-electron chi connectivity index (χ0n) is 30.7. The second-order valence-corrected chi connectivity index (χ2v) is 11.3. The Morgan fingerprint density at radius 1 is 0.444 bits per heavy atom. The summed E-state index contributed by atoms with van der Waals surface area (Å²) in [6, 6.07) is 16.9. The van der Waals surface area contributed by atoms with Crippen molar-refractivity contribution in [2.75, 3.05) is 113 Å². The lowest BCUT2D eigenvalue weighted by Crippen LogP contribution is -2.14. The van der Waals surface area contributed by atoms with Crippen molar-refractivity contribution in [1.82, 2.24) is 15.0 Å². The molecule has 0 saturated heterocycles. The minimum absolute atomic E-state index is 0.102. The first-order chi connectivity index (χ1) is 26.5. The number of nitrogens with zero attached hydrogens (tertiary/aromatic N) is 3. The van der Waals surface area contributed by atoms with E-state index in [1.807, 2.05) is 12.1 Å². The molecule has 0 amide bonds. The van der Waals surface area contributed by atoms with Gasteiger partial charge in [0.25, 0.3) is 0 Å². The maximum Gasteiger partial charge on any atom is 0.167 e. The summed E-state index contributed by atoms with van der Waals surface area (Å²) in [6.07, 6.45) is 0. The SMILES string of the molecule is COc1ccc(-c2nc(-c3ccc(OCCOCCOCCOCCN)cc3O)nc(-c3ccc(OCCOCCOCCOCCN)cc3O)n2)cc1. The number of rotatable bonds is 28. The second-order valence-electron chi connectivity index (χ2n) is 11.3. The Bertz CT molecular complexity index is 1560. The molecule has 0 unspecified atom stereocenters. The van der Waals surface area contributed by atoms with Crippen LogP contribution in [-0.2, 0) is 28.4 Å². The van der Waals surface area contributed by atoms with Crippen molar-refractivity contribution in [2.45, 2.75) is 0 Å². The van der Waals surface area contributed by atoms with Gasteiger partial charge in [-0.1, -0.05) is 0 Å². The van der Waals surface area contributed by atoms with Crippen LogP contribution >= 0.6 is 0 Å². The third-order valence-electron chi connectivity index (χ3n) is 7.41. The number of phenols is 2. The van der Waals surface area contributed by atoms with E-state index in [4.69, 9.17) is 54.1 Å². The maximum atomic E-state index is 11.1. The van der Waals surface area contributed by atoms with Gasteiger partial charge in [0.1, 0.15) is 42.0 Å². The smallest absolute Gasteiger partial charge is 0.167 e. The van der Waals surface area contributed by atoms with Crippen molar-refractivity contribution in [3.05, 3.63) is 60.7 Å². The van der Waals surface area contributed by atoms with Gasteiger partial charge in [-0.2, -0.15) is 0 Å². The molecule has 1 heterocycles. The number of phenolic OH excluding ortho intramolecular Hbond substituents is 2. The minimum atomic E-state index is -0.102. The fourth-order valence-corrected chi connectivity index (χ4v) is 4.75. The van der Waals surface area contributed by atoms with E-state index in [0.717, 1.165) is 0 Å². The molecule has 16 nitrogen and oxygen atoms in total. The van der Waals surface area contributed by atoms with Gasteiger partial charge in [0.15, 0.2) is 17.5 Å². The lowest BCUT2D eigenvalue weighted by molar-refractivity contribution is 0.0106. The highest BCUT2D eigenvalue weighted by Crippen LogP contribution is 2.35. The second kappa shape index (κ2) is 24.6. The Balaban J connectivity index is 1.37. The standard InChI is InChI=1S/C38H51N5O11/c1-46-29-4-2-28(3-5-29)36-41-37(32-8-6-30(26-34(32)44)53-24-22-51-20-18-49-16-14-47-12-10-39)43-38(42-36)33-9-7-31(27-35(33)45)54-25-23-52-21-19-50-17-15-48-13-11-40/h2-9,26-27,44-45H,10-25,39-40H2,1H3. The fraction of sp³-hybridized carbons (Fsp3) is 0.447. The van der Waals surface area contributed by atoms with Crippen molar-refractivity contribution in [1.29, 1.82) is 0 Å². The number of aromatic hydroxyl groups is 2. The number of nitrogens with two attached hydrogens (primary N) is 2. The van der Waals surface area contributed by atoms with Crippen molar-refractivity contribution in [3.63, 3.8) is 0 Å². The predicted octanol–water partition coefficient (Wildman–Crippen LogP) is 3.07. The molecule has 3 aromatic carbocycles. The summed E-state index contributed by atoms with van der Waals surface area (Å²) in [6.45, 7) is 6.80. The molecule has 0 aliphatic heterocycles. The largest absolute Gasteiger partial charge is 0.507 e. The van der Waals surface area contributed by atoms with E-state index in [1.165, 1.54) is 12.1 Å². The van der Waals surface area contributed by atoms with E-state index < -0.39 is 0 Å². The average Bonchev–Trinajstić information content (AvgIpc) is 3.19. The van der Waals surface area contributed by atoms with Gasteiger partial charge in [-0.25, -0.2) is 15.0 Å². The lowest BCUT2D eigenvalue weighted by atomic mass is 10.1. The molecule has 0 aliphatic carbocycles. The Labute approximate surface area is 315 Å². The number of ether oxygens (including phenoxy) is 9. The van der Waals surface area contributed by atoms with Crippen LogP contribution in [0.3, 0.4) is 0 Å². The Morgan fingerprint density at radius 3 is 1.17 bits per heavy atom. The Morgan fingerprint density at radius 2 is 0.796 bits per heavy atom. The topological polar surface area (TPSA) is 214 Å². The third-order valence-corrected chi connectivity index (χ3v) is 7.41. The van der Waals surface area contributed by atoms with E-state index in [1.54, 1.807) is 43.5 Å². The van der Waals surface area contributed by atoms with Crippen LogP contribution in [0.4, 0.5) is 0 Å². The van der Waals surface area contributed by atoms with E-state index in [2.05, 4.69) is 15.0 Å². The van der Waals surface area contributed by atoms with Gasteiger partial charge >= 0.3 is 0 Å². The molecule has 54 heavy (non-hydrogen) atoms. The molecule has 0 saturated carbocycles. The number of aromatic nitrogens is 3. The number of hydrogen-bond acceptors (Lipinski definition) is 16. The molecule has 0 bridgehead atoms. The highest BCUT2D eigenvalue weighted by Gasteiger charge is 2.18. The zero-order chi connectivity index (χ0) is 38.2. The van der Waals surface area contributed by atoms with Gasteiger partial charge in [-0.3, -0.25) is 0 Å². The van der Waals surface area contributed by atoms with Gasteiger partial charge < -0.3 is 64.3 Å². The summed E-state index contributed by atoms with van der Waals surface area (Å²) in [5, 5.41) is 22.1. The van der Waals surface area contributed by atoms with Crippen LogP contribution in [0.1, 0.15) is 0 Å². The highest BCUT2D eigenvalue weighted by molar-refractivity contribution is 5.72. The molecule has 0 spiro atoms. The van der Waals surface area contributed by atoms with Crippen molar-refractivity contribution in [2.24, 2.45) is 11.5 Å². The molecule has 294 valence electrons. The molecule has 0 atom stereocenters. The Kier molecular flexibility index (Phi) is 19.2. The first kappa shape index (κ1) is 42.1. The summed E-state index contributed by atoms with van der Waals surface area (Å²) in [4.78, 5) is 14.0. The summed E-state index contributed by atoms with van der Waals surface area (Å²) in [5.41, 5.74) is 12.1. The highest BCUT2D eigenvalue weighted by atomic mass is 16.6. The van der Waals surface area contributed by atoms with Crippen LogP contribution in [0.2, 0.25) is 0 Å². The first-order valence-electron chi connectivity index (χ1n) is 17.7. The lowest BCUT2D eigenvalue weighted by Gasteiger charge is -2.13. The molecule has 0 aliphatic rings. The molecule has 4 aromatic rings. The molecule has 1 aromatic heterocycles. The zero-order valence-corrected chi connectivity index (χ0v) is 30.7. The first-order valence-corrected chi connectivity index (χ1v) is 17.7. The van der Waals surface area contributed by atoms with Crippen LogP contribution in [-0.4, -0.2) is 138 Å². The Hall–Kier alpha value is -4.65. The van der Waals surface area contributed by atoms with E-state index in [9.17, 15) is 10.2 Å². The molecular formula is C38H51N5O11. The van der Waals surface area contributed by atoms with Gasteiger partial charge in [0, 0.05) is 30.8 Å². The van der Waals surface area contributed by atoms with Crippen LogP contribution < -0.4 is 25.7 Å². The van der Waals surface area contributed by atoms with Gasteiger partial charge in [0.2, 0.25) is 0 Å². The number of benzene rings is 3. The summed E-state index contributed by atoms with van der Waals surface area (Å²) in [7, 11) is 1.58. The summed E-state index contributed by atoms with van der Waals surface area (Å²) in [5.74, 6) is 2.05. The van der Waals surface area contributed by atoms with E-state index in [0.29, 0.717) is 132 Å². The van der Waals surface area contributed by atoms with Crippen LogP contribution in [0.25, 0.3) is 34.2 Å². The molecule has 4 rings (SSSR count). The fourth-order valence-electron chi connectivity index (χ4n) is 4.75. The minimum Gasteiger partial charge on any atom is -0.507 e. The van der Waals surface area contributed by atoms with Crippen LogP contribution in [0, 0.1) is 0 Å². The molecule has 16 heteroatoms. The summed E-state index contributed by atoms with van der Waals surface area (Å²) < 4.78 is 49.3. The predicted molar refractivity (Wildman–Crippen MR) is 200 cm³/mol. The van der Waals surface area contributed by atoms with Crippen LogP contribution in [0.15, 0.2) is 60.7 Å². The van der Waals surface area contributed by atoms with Gasteiger partial charge in [-0.15, -0.1) is 0 Å². The molecular weight excluding hydrogens is 702 g/mol. The number of methoxy groups -OCH3 is 1. The molecule has 6 N–H and O–H groups in total. The normalized spacial score (nSPS) is 11.2. The van der Waals surface area contributed by atoms with E-state index in [-0.39, 0.29) is 36.4 Å². The molecule has 0 radical (unpaired) electrons. The van der Waals surface area contributed by atoms with Crippen molar-refractivity contribution in [3.8, 4) is 62.9 Å². The van der Waals surface area contributed by atoms with Gasteiger partial charge in [-0.05, 0) is 48.5 Å².